The second kappa shape index (κ2) is 4.04. The van der Waals surface area contributed by atoms with E-state index >= 15 is 0 Å². The van der Waals surface area contributed by atoms with Crippen LogP contribution in [0, 0.1) is 0 Å². The Morgan fingerprint density at radius 2 is 1.87 bits per heavy atom. The van der Waals surface area contributed by atoms with Crippen molar-refractivity contribution in [2.45, 2.75) is 0 Å². The number of nitrogens with zero attached hydrogens (tertiary/aromatic N) is 1. The van der Waals surface area contributed by atoms with Crippen LogP contribution < -0.4 is 5.56 Å². The maximum Gasteiger partial charge on any atom is 0.264 e. The van der Waals surface area contributed by atoms with Crippen molar-refractivity contribution in [2.75, 3.05) is 0 Å². The van der Waals surface area contributed by atoms with Gasteiger partial charge in [-0.1, -0.05) is 29.3 Å². The number of H-pyrrole nitrogens is 1. The van der Waals surface area contributed by atoms with Crippen LogP contribution in [-0.2, 0) is 0 Å². The molecule has 0 spiro atoms. The van der Waals surface area contributed by atoms with Crippen LogP contribution in [0.4, 0.5) is 0 Å². The van der Waals surface area contributed by atoms with Crippen molar-refractivity contribution in [3.63, 3.8) is 0 Å². The van der Waals surface area contributed by atoms with Crippen molar-refractivity contribution < 1.29 is 0 Å². The molecule has 0 saturated carbocycles. The van der Waals surface area contributed by atoms with Gasteiger partial charge >= 0.3 is 0 Å². The molecule has 0 aliphatic carbocycles. The van der Waals surface area contributed by atoms with Crippen molar-refractivity contribution in [3.05, 3.63) is 50.7 Å². The van der Waals surface area contributed by atoms with Gasteiger partial charge in [0.05, 0.1) is 15.7 Å². The van der Waals surface area contributed by atoms with Gasteiger partial charge in [0.25, 0.3) is 5.56 Å². The highest BCUT2D eigenvalue weighted by molar-refractivity contribution is 6.42. The Balaban J connectivity index is 2.50. The summed E-state index contributed by atoms with van der Waals surface area (Å²) in [6.45, 7) is 0. The number of aromatic amines is 1. The van der Waals surface area contributed by atoms with Crippen molar-refractivity contribution in [1.82, 2.24) is 10.2 Å². The molecule has 0 aliphatic heterocycles. The standard InChI is InChI=1S/C10H6Cl2N2O/c11-7-2-1-6(5-8(7)12)9-3-4-10(15)14-13-9/h1-5H,(H,14,15). The van der Waals surface area contributed by atoms with Gasteiger partial charge in [-0.05, 0) is 18.2 Å². The number of aromatic nitrogens is 2. The van der Waals surface area contributed by atoms with Gasteiger partial charge in [0.15, 0.2) is 0 Å². The predicted molar refractivity (Wildman–Crippen MR) is 60.3 cm³/mol. The summed E-state index contributed by atoms with van der Waals surface area (Å²) < 4.78 is 0. The van der Waals surface area contributed by atoms with Crippen molar-refractivity contribution >= 4 is 23.2 Å². The first-order valence-corrected chi connectivity index (χ1v) is 4.93. The predicted octanol–water partition coefficient (Wildman–Crippen LogP) is 2.74. The van der Waals surface area contributed by atoms with Crippen LogP contribution in [0.1, 0.15) is 0 Å². The van der Waals surface area contributed by atoms with Gasteiger partial charge in [0, 0.05) is 11.6 Å². The van der Waals surface area contributed by atoms with Crippen LogP contribution in [0.15, 0.2) is 35.1 Å². The number of rotatable bonds is 1. The summed E-state index contributed by atoms with van der Waals surface area (Å²) in [7, 11) is 0. The van der Waals surface area contributed by atoms with Gasteiger partial charge in [-0.25, -0.2) is 5.10 Å². The lowest BCUT2D eigenvalue weighted by atomic mass is 10.1. The van der Waals surface area contributed by atoms with E-state index in [0.29, 0.717) is 15.7 Å². The van der Waals surface area contributed by atoms with Crippen LogP contribution in [0.2, 0.25) is 10.0 Å². The molecule has 5 heteroatoms. The third-order valence-corrected chi connectivity index (χ3v) is 2.63. The summed E-state index contributed by atoms with van der Waals surface area (Å²) in [5.41, 5.74) is 1.22. The first-order valence-electron chi connectivity index (χ1n) is 4.18. The van der Waals surface area contributed by atoms with E-state index < -0.39 is 0 Å². The zero-order valence-electron chi connectivity index (χ0n) is 7.50. The maximum absolute atomic E-state index is 10.8. The second-order valence-electron chi connectivity index (χ2n) is 2.94. The van der Waals surface area contributed by atoms with E-state index in [-0.39, 0.29) is 5.56 Å². The zero-order valence-corrected chi connectivity index (χ0v) is 9.01. The van der Waals surface area contributed by atoms with Crippen LogP contribution >= 0.6 is 23.2 Å². The van der Waals surface area contributed by atoms with Gasteiger partial charge in [-0.15, -0.1) is 0 Å². The second-order valence-corrected chi connectivity index (χ2v) is 3.75. The van der Waals surface area contributed by atoms with E-state index in [2.05, 4.69) is 10.2 Å². The minimum Gasteiger partial charge on any atom is -0.268 e. The van der Waals surface area contributed by atoms with Crippen LogP contribution in [0.3, 0.4) is 0 Å². The lowest BCUT2D eigenvalue weighted by Crippen LogP contribution is -2.05. The van der Waals surface area contributed by atoms with E-state index in [1.54, 1.807) is 24.3 Å². The molecule has 0 radical (unpaired) electrons. The molecule has 0 aliphatic rings. The fourth-order valence-corrected chi connectivity index (χ4v) is 1.46. The van der Waals surface area contributed by atoms with E-state index in [0.717, 1.165) is 5.56 Å². The summed E-state index contributed by atoms with van der Waals surface area (Å²) in [5.74, 6) is 0. The van der Waals surface area contributed by atoms with Crippen molar-refractivity contribution in [1.29, 1.82) is 0 Å². The molecule has 3 nitrogen and oxygen atoms in total. The molecule has 15 heavy (non-hydrogen) atoms. The summed E-state index contributed by atoms with van der Waals surface area (Å²) in [6.07, 6.45) is 0. The fraction of sp³-hybridized carbons (Fsp3) is 0. The Kier molecular flexibility index (Phi) is 2.75. The minimum atomic E-state index is -0.237. The SMILES string of the molecule is O=c1ccc(-c2ccc(Cl)c(Cl)c2)n[nH]1. The number of halogens is 2. The number of nitrogens with one attached hydrogen (secondary N) is 1. The molecule has 76 valence electrons. The Morgan fingerprint density at radius 3 is 2.47 bits per heavy atom. The van der Waals surface area contributed by atoms with E-state index in [9.17, 15) is 4.79 Å². The number of hydrogen-bond acceptors (Lipinski definition) is 2. The van der Waals surface area contributed by atoms with Gasteiger partial charge in [0.1, 0.15) is 0 Å². The van der Waals surface area contributed by atoms with Crippen LogP contribution in [0.5, 0.6) is 0 Å². The molecule has 0 amide bonds. The highest BCUT2D eigenvalue weighted by atomic mass is 35.5. The molecule has 0 unspecified atom stereocenters. The molecule has 0 bridgehead atoms. The molecule has 1 aromatic heterocycles. The summed E-state index contributed by atoms with van der Waals surface area (Å²) in [6, 6.07) is 8.20. The minimum absolute atomic E-state index is 0.237. The first-order chi connectivity index (χ1) is 7.16. The quantitative estimate of drug-likeness (QED) is 0.834. The smallest absolute Gasteiger partial charge is 0.264 e. The Hall–Kier alpha value is -1.32. The number of benzene rings is 1. The number of hydrogen-bond donors (Lipinski definition) is 1. The summed E-state index contributed by atoms with van der Waals surface area (Å²) >= 11 is 11.6. The van der Waals surface area contributed by atoms with Gasteiger partial charge < -0.3 is 0 Å². The lowest BCUT2D eigenvalue weighted by Gasteiger charge is -2.01. The topological polar surface area (TPSA) is 45.8 Å². The Morgan fingerprint density at radius 1 is 1.07 bits per heavy atom. The van der Waals surface area contributed by atoms with Crippen molar-refractivity contribution in [3.8, 4) is 11.3 Å². The third-order valence-electron chi connectivity index (χ3n) is 1.89. The molecular weight excluding hydrogens is 235 g/mol. The zero-order chi connectivity index (χ0) is 10.8. The van der Waals surface area contributed by atoms with E-state index in [1.807, 2.05) is 0 Å². The molecule has 0 saturated heterocycles. The largest absolute Gasteiger partial charge is 0.268 e. The summed E-state index contributed by atoms with van der Waals surface area (Å²) in [4.78, 5) is 10.8. The van der Waals surface area contributed by atoms with Crippen LogP contribution in [-0.4, -0.2) is 10.2 Å². The third kappa shape index (κ3) is 2.19. The van der Waals surface area contributed by atoms with E-state index in [4.69, 9.17) is 23.2 Å². The van der Waals surface area contributed by atoms with Crippen LogP contribution in [0.25, 0.3) is 11.3 Å². The van der Waals surface area contributed by atoms with E-state index in [1.165, 1.54) is 6.07 Å². The monoisotopic (exact) mass is 240 g/mol. The average molecular weight is 241 g/mol. The molecule has 0 atom stereocenters. The van der Waals surface area contributed by atoms with Gasteiger partial charge in [-0.2, -0.15) is 5.10 Å². The molecule has 2 rings (SSSR count). The average Bonchev–Trinajstić information content (AvgIpc) is 2.23. The molecule has 1 aromatic carbocycles. The first kappa shape index (κ1) is 10.2. The van der Waals surface area contributed by atoms with Crippen molar-refractivity contribution in [2.24, 2.45) is 0 Å². The molecule has 1 heterocycles. The molecule has 0 fully saturated rings. The highest BCUT2D eigenvalue weighted by Gasteiger charge is 2.02. The molecular formula is C10H6Cl2N2O. The normalized spacial score (nSPS) is 10.3. The van der Waals surface area contributed by atoms with Gasteiger partial charge in [0.2, 0.25) is 0 Å². The Labute approximate surface area is 95.7 Å². The molecule has 2 aromatic rings. The fourth-order valence-electron chi connectivity index (χ4n) is 1.16. The van der Waals surface area contributed by atoms with Gasteiger partial charge in [-0.3, -0.25) is 4.79 Å². The summed E-state index contributed by atoms with van der Waals surface area (Å²) in [5, 5.41) is 7.18. The Bertz CT molecular complexity index is 531. The lowest BCUT2D eigenvalue weighted by molar-refractivity contribution is 0.995. The maximum atomic E-state index is 10.8. The molecule has 1 N–H and O–H groups in total. The highest BCUT2D eigenvalue weighted by Crippen LogP contribution is 2.26.